The molecule has 0 aliphatic carbocycles. The van der Waals surface area contributed by atoms with Crippen LogP contribution in [0.5, 0.6) is 11.5 Å². The van der Waals surface area contributed by atoms with E-state index in [-0.39, 0.29) is 34.8 Å². The highest BCUT2D eigenvalue weighted by atomic mass is 16.3. The first-order chi connectivity index (χ1) is 14.9. The van der Waals surface area contributed by atoms with E-state index in [0.29, 0.717) is 5.56 Å². The number of piperidine rings is 1. The van der Waals surface area contributed by atoms with Crippen LogP contribution in [0.3, 0.4) is 0 Å². The molecule has 1 saturated heterocycles. The Bertz CT molecular complexity index is 1120. The Labute approximate surface area is 181 Å². The van der Waals surface area contributed by atoms with Crippen molar-refractivity contribution in [2.75, 3.05) is 13.1 Å². The first-order valence-corrected chi connectivity index (χ1v) is 10.7. The number of fused-ring (bicyclic) bond motifs is 1. The number of carbonyl (C=O) groups is 2. The van der Waals surface area contributed by atoms with E-state index in [2.05, 4.69) is 17.0 Å². The van der Waals surface area contributed by atoms with E-state index in [1.807, 2.05) is 19.9 Å². The van der Waals surface area contributed by atoms with Gasteiger partial charge < -0.3 is 15.0 Å². The third-order valence-electron chi connectivity index (χ3n) is 6.17. The van der Waals surface area contributed by atoms with Crippen molar-refractivity contribution in [3.63, 3.8) is 0 Å². The van der Waals surface area contributed by atoms with Gasteiger partial charge in [-0.3, -0.25) is 14.3 Å². The summed E-state index contributed by atoms with van der Waals surface area (Å²) >= 11 is 0. The zero-order chi connectivity index (χ0) is 22.1. The van der Waals surface area contributed by atoms with Crippen LogP contribution in [0.25, 0.3) is 10.8 Å². The molecule has 0 saturated carbocycles. The molecule has 3 aromatic rings. The molecule has 0 spiro atoms. The fraction of sp³-hybridized carbons (Fsp3) is 0.360. The second kappa shape index (κ2) is 8.55. The summed E-state index contributed by atoms with van der Waals surface area (Å²) in [5.74, 6) is -0.373. The Kier molecular flexibility index (Phi) is 5.83. The van der Waals surface area contributed by atoms with Gasteiger partial charge in [0.05, 0.1) is 5.56 Å². The zero-order valence-electron chi connectivity index (χ0n) is 17.9. The van der Waals surface area contributed by atoms with Crippen molar-refractivity contribution in [2.45, 2.75) is 39.2 Å². The highest BCUT2D eigenvalue weighted by Gasteiger charge is 2.20. The number of aromatic nitrogens is 1. The van der Waals surface area contributed by atoms with E-state index in [9.17, 15) is 19.8 Å². The summed E-state index contributed by atoms with van der Waals surface area (Å²) in [6, 6.07) is 8.95. The molecule has 2 heterocycles. The van der Waals surface area contributed by atoms with Crippen LogP contribution in [-0.2, 0) is 11.3 Å². The SMILES string of the molecule is CC(C)c1cc(C(=O)n2cc3ccc(CN4CCC(C=O)CC4)cc3c2)c(O)cc1O. The summed E-state index contributed by atoms with van der Waals surface area (Å²) in [7, 11) is 0. The van der Waals surface area contributed by atoms with E-state index in [4.69, 9.17) is 0 Å². The van der Waals surface area contributed by atoms with Gasteiger partial charge in [0.1, 0.15) is 17.8 Å². The van der Waals surface area contributed by atoms with Crippen molar-refractivity contribution < 1.29 is 19.8 Å². The molecule has 0 unspecified atom stereocenters. The van der Waals surface area contributed by atoms with Crippen LogP contribution in [0.1, 0.15) is 54.1 Å². The lowest BCUT2D eigenvalue weighted by molar-refractivity contribution is -0.112. The molecule has 1 aromatic heterocycles. The first kappa shape index (κ1) is 21.1. The number of carbonyl (C=O) groups excluding carboxylic acids is 2. The van der Waals surface area contributed by atoms with Crippen LogP contribution in [0.2, 0.25) is 0 Å². The van der Waals surface area contributed by atoms with Gasteiger partial charge in [0, 0.05) is 36.3 Å². The Balaban J connectivity index is 1.56. The molecule has 0 radical (unpaired) electrons. The van der Waals surface area contributed by atoms with E-state index in [1.54, 1.807) is 18.5 Å². The number of phenols is 2. The average molecular weight is 421 g/mol. The highest BCUT2D eigenvalue weighted by Crippen LogP contribution is 2.33. The Hall–Kier alpha value is -3.12. The number of phenolic OH excluding ortho intramolecular Hbond substituents is 2. The van der Waals surface area contributed by atoms with Gasteiger partial charge in [0.15, 0.2) is 0 Å². The second-order valence-corrected chi connectivity index (χ2v) is 8.77. The zero-order valence-corrected chi connectivity index (χ0v) is 17.9. The number of hydrogen-bond donors (Lipinski definition) is 2. The van der Waals surface area contributed by atoms with Crippen LogP contribution in [0.15, 0.2) is 42.7 Å². The predicted octanol–water partition coefficient (Wildman–Crippen LogP) is 4.28. The molecule has 0 bridgehead atoms. The van der Waals surface area contributed by atoms with Crippen molar-refractivity contribution in [1.29, 1.82) is 0 Å². The van der Waals surface area contributed by atoms with Gasteiger partial charge in [-0.05, 0) is 60.5 Å². The molecule has 1 aliphatic rings. The average Bonchev–Trinajstić information content (AvgIpc) is 3.17. The van der Waals surface area contributed by atoms with Gasteiger partial charge in [0.2, 0.25) is 0 Å². The minimum Gasteiger partial charge on any atom is -0.508 e. The number of aromatic hydroxyl groups is 2. The highest BCUT2D eigenvalue weighted by molar-refractivity contribution is 6.01. The standard InChI is InChI=1S/C25H28N2O4/c1-16(2)21-10-22(24(30)11-23(21)29)25(31)27-13-19-4-3-18(9-20(19)14-27)12-26-7-5-17(15-28)6-8-26/h3-4,9-11,13-17,29-30H,5-8,12H2,1-2H3. The number of aldehydes is 1. The molecule has 0 amide bonds. The van der Waals surface area contributed by atoms with Crippen molar-refractivity contribution in [2.24, 2.45) is 5.92 Å². The smallest absolute Gasteiger partial charge is 0.265 e. The van der Waals surface area contributed by atoms with Crippen molar-refractivity contribution in [3.05, 3.63) is 59.4 Å². The largest absolute Gasteiger partial charge is 0.508 e. The lowest BCUT2D eigenvalue weighted by atomic mass is 9.98. The normalized spacial score (nSPS) is 15.6. The molecular formula is C25H28N2O4. The van der Waals surface area contributed by atoms with Gasteiger partial charge in [-0.15, -0.1) is 0 Å². The lowest BCUT2D eigenvalue weighted by Crippen LogP contribution is -2.33. The number of hydrogen-bond acceptors (Lipinski definition) is 5. The van der Waals surface area contributed by atoms with Gasteiger partial charge in [0.25, 0.3) is 5.91 Å². The summed E-state index contributed by atoms with van der Waals surface area (Å²) < 4.78 is 1.49. The topological polar surface area (TPSA) is 82.8 Å². The quantitative estimate of drug-likeness (QED) is 0.602. The van der Waals surface area contributed by atoms with Gasteiger partial charge >= 0.3 is 0 Å². The molecule has 0 atom stereocenters. The third-order valence-corrected chi connectivity index (χ3v) is 6.17. The summed E-state index contributed by atoms with van der Waals surface area (Å²) in [6.07, 6.45) is 6.43. The molecule has 2 N–H and O–H groups in total. The fourth-order valence-corrected chi connectivity index (χ4v) is 4.28. The summed E-state index contributed by atoms with van der Waals surface area (Å²) in [6.45, 7) is 6.50. The van der Waals surface area contributed by atoms with Crippen molar-refractivity contribution in [3.8, 4) is 11.5 Å². The molecule has 162 valence electrons. The lowest BCUT2D eigenvalue weighted by Gasteiger charge is -2.29. The Morgan fingerprint density at radius 3 is 2.45 bits per heavy atom. The van der Waals surface area contributed by atoms with E-state index in [1.165, 1.54) is 10.6 Å². The van der Waals surface area contributed by atoms with Crippen LogP contribution >= 0.6 is 0 Å². The van der Waals surface area contributed by atoms with Crippen LogP contribution in [0.4, 0.5) is 0 Å². The van der Waals surface area contributed by atoms with Crippen LogP contribution in [-0.4, -0.2) is 45.0 Å². The minimum atomic E-state index is -0.340. The summed E-state index contributed by atoms with van der Waals surface area (Å²) in [5.41, 5.74) is 1.95. The van der Waals surface area contributed by atoms with Crippen molar-refractivity contribution >= 4 is 23.0 Å². The molecule has 6 nitrogen and oxygen atoms in total. The molecule has 6 heteroatoms. The predicted molar refractivity (Wildman–Crippen MR) is 120 cm³/mol. The number of nitrogens with zero attached hydrogens (tertiary/aromatic N) is 2. The summed E-state index contributed by atoms with van der Waals surface area (Å²) in [4.78, 5) is 26.4. The fourth-order valence-electron chi connectivity index (χ4n) is 4.28. The minimum absolute atomic E-state index is 0.0106. The van der Waals surface area contributed by atoms with Gasteiger partial charge in [-0.25, -0.2) is 0 Å². The van der Waals surface area contributed by atoms with Crippen molar-refractivity contribution in [1.82, 2.24) is 9.47 Å². The maximum atomic E-state index is 13.1. The van der Waals surface area contributed by atoms with Gasteiger partial charge in [-0.1, -0.05) is 26.0 Å². The monoisotopic (exact) mass is 420 g/mol. The molecule has 1 aliphatic heterocycles. The number of likely N-dealkylation sites (tertiary alicyclic amines) is 1. The summed E-state index contributed by atoms with van der Waals surface area (Å²) in [5, 5.41) is 22.2. The van der Waals surface area contributed by atoms with E-state index < -0.39 is 0 Å². The number of benzene rings is 2. The molecule has 2 aromatic carbocycles. The maximum absolute atomic E-state index is 13.1. The Morgan fingerprint density at radius 1 is 1.06 bits per heavy atom. The van der Waals surface area contributed by atoms with Gasteiger partial charge in [-0.2, -0.15) is 0 Å². The Morgan fingerprint density at radius 2 is 1.77 bits per heavy atom. The second-order valence-electron chi connectivity index (χ2n) is 8.77. The molecule has 31 heavy (non-hydrogen) atoms. The maximum Gasteiger partial charge on any atom is 0.265 e. The molecule has 1 fully saturated rings. The van der Waals surface area contributed by atoms with Crippen LogP contribution < -0.4 is 0 Å². The first-order valence-electron chi connectivity index (χ1n) is 10.7. The number of rotatable bonds is 5. The third kappa shape index (κ3) is 4.35. The van der Waals surface area contributed by atoms with E-state index in [0.717, 1.165) is 55.1 Å². The molecular weight excluding hydrogens is 392 g/mol. The van der Waals surface area contributed by atoms with Crippen LogP contribution in [0, 0.1) is 5.92 Å². The molecule has 4 rings (SSSR count). The van der Waals surface area contributed by atoms with E-state index >= 15 is 0 Å².